The number of rotatable bonds is 11. The topological polar surface area (TPSA) is 64.7 Å². The highest BCUT2D eigenvalue weighted by Gasteiger charge is 2.32. The van der Waals surface area contributed by atoms with Gasteiger partial charge >= 0.3 is 0 Å². The van der Waals surface area contributed by atoms with Gasteiger partial charge in [-0.3, -0.25) is 9.59 Å². The first-order chi connectivity index (χ1) is 19.4. The SMILES string of the molecule is CCC(CN1CCC(CNC(=O)c2ccc(Cl)c(Cl)c2)NC(CCN(C)c2ccccc2)C1=O)c1ccccc1. The number of anilines is 1. The predicted octanol–water partition coefficient (Wildman–Crippen LogP) is 6.00. The van der Waals surface area contributed by atoms with Crippen LogP contribution in [0, 0.1) is 0 Å². The lowest BCUT2D eigenvalue weighted by molar-refractivity contribution is -0.133. The Morgan fingerprint density at radius 3 is 2.42 bits per heavy atom. The molecule has 1 aliphatic rings. The van der Waals surface area contributed by atoms with Crippen LogP contribution < -0.4 is 15.5 Å². The number of halogens is 2. The zero-order valence-electron chi connectivity index (χ0n) is 23.2. The van der Waals surface area contributed by atoms with Crippen molar-refractivity contribution in [1.29, 1.82) is 0 Å². The van der Waals surface area contributed by atoms with Crippen LogP contribution in [0.25, 0.3) is 0 Å². The number of nitrogens with one attached hydrogen (secondary N) is 2. The lowest BCUT2D eigenvalue weighted by Gasteiger charge is -2.29. The number of nitrogens with zero attached hydrogens (tertiary/aromatic N) is 2. The van der Waals surface area contributed by atoms with Crippen molar-refractivity contribution in [3.8, 4) is 0 Å². The molecule has 1 saturated heterocycles. The fraction of sp³-hybridized carbons (Fsp3) is 0.375. The van der Waals surface area contributed by atoms with E-state index in [1.807, 2.05) is 36.2 Å². The van der Waals surface area contributed by atoms with Crippen molar-refractivity contribution in [1.82, 2.24) is 15.5 Å². The van der Waals surface area contributed by atoms with E-state index in [-0.39, 0.29) is 29.8 Å². The van der Waals surface area contributed by atoms with Gasteiger partial charge in [0.1, 0.15) is 0 Å². The summed E-state index contributed by atoms with van der Waals surface area (Å²) in [7, 11) is 2.05. The Hall–Kier alpha value is -3.06. The highest BCUT2D eigenvalue weighted by Crippen LogP contribution is 2.24. The van der Waals surface area contributed by atoms with E-state index >= 15 is 0 Å². The summed E-state index contributed by atoms with van der Waals surface area (Å²) in [5.74, 6) is 0.168. The molecule has 3 atom stereocenters. The number of para-hydroxylation sites is 1. The van der Waals surface area contributed by atoms with Gasteiger partial charge in [-0.2, -0.15) is 0 Å². The minimum absolute atomic E-state index is 0.0514. The quantitative estimate of drug-likeness (QED) is 0.292. The van der Waals surface area contributed by atoms with E-state index in [2.05, 4.69) is 58.9 Å². The predicted molar refractivity (Wildman–Crippen MR) is 165 cm³/mol. The lowest BCUT2D eigenvalue weighted by Crippen LogP contribution is -2.50. The molecule has 2 N–H and O–H groups in total. The van der Waals surface area contributed by atoms with E-state index in [1.165, 1.54) is 5.56 Å². The van der Waals surface area contributed by atoms with Crippen LogP contribution in [0.3, 0.4) is 0 Å². The molecule has 1 fully saturated rings. The molecule has 0 spiro atoms. The highest BCUT2D eigenvalue weighted by molar-refractivity contribution is 6.42. The van der Waals surface area contributed by atoms with E-state index < -0.39 is 0 Å². The minimum atomic E-state index is -0.353. The van der Waals surface area contributed by atoms with Gasteiger partial charge in [0, 0.05) is 56.4 Å². The number of amides is 2. The summed E-state index contributed by atoms with van der Waals surface area (Å²) in [6.07, 6.45) is 2.34. The van der Waals surface area contributed by atoms with Crippen molar-refractivity contribution in [2.24, 2.45) is 0 Å². The van der Waals surface area contributed by atoms with Crippen molar-refractivity contribution in [3.05, 3.63) is 100 Å². The first-order valence-electron chi connectivity index (χ1n) is 13.9. The van der Waals surface area contributed by atoms with E-state index in [0.717, 1.165) is 25.1 Å². The maximum atomic E-state index is 13.9. The first-order valence-corrected chi connectivity index (χ1v) is 14.7. The summed E-state index contributed by atoms with van der Waals surface area (Å²) in [6.45, 7) is 4.61. The Morgan fingerprint density at radius 2 is 1.75 bits per heavy atom. The van der Waals surface area contributed by atoms with Crippen molar-refractivity contribution in [3.63, 3.8) is 0 Å². The van der Waals surface area contributed by atoms with Crippen LogP contribution in [0.2, 0.25) is 10.0 Å². The molecule has 212 valence electrons. The monoisotopic (exact) mass is 580 g/mol. The van der Waals surface area contributed by atoms with Gasteiger partial charge in [-0.25, -0.2) is 0 Å². The van der Waals surface area contributed by atoms with Gasteiger partial charge in [0.15, 0.2) is 0 Å². The molecule has 2 amide bonds. The summed E-state index contributed by atoms with van der Waals surface area (Å²) >= 11 is 12.1. The number of hydrogen-bond acceptors (Lipinski definition) is 4. The second-order valence-corrected chi connectivity index (χ2v) is 11.2. The molecule has 40 heavy (non-hydrogen) atoms. The van der Waals surface area contributed by atoms with Crippen LogP contribution >= 0.6 is 23.2 Å². The molecule has 0 bridgehead atoms. The van der Waals surface area contributed by atoms with Gasteiger partial charge in [0.2, 0.25) is 5.91 Å². The largest absolute Gasteiger partial charge is 0.375 e. The highest BCUT2D eigenvalue weighted by atomic mass is 35.5. The zero-order chi connectivity index (χ0) is 28.5. The number of carbonyl (C=O) groups is 2. The molecular formula is C32H38Cl2N4O2. The standard InChI is InChI=1S/C32H38Cl2N4O2/c1-3-23(24-10-6-4-7-11-24)22-38-19-16-26(21-35-31(39)25-14-15-28(33)29(34)20-25)36-30(32(38)40)17-18-37(2)27-12-8-5-9-13-27/h4-15,20,23,26,30,36H,3,16-19,21-22H2,1-2H3,(H,35,39). The van der Waals surface area contributed by atoms with Crippen LogP contribution in [0.4, 0.5) is 5.69 Å². The molecule has 3 unspecified atom stereocenters. The van der Waals surface area contributed by atoms with Crippen molar-refractivity contribution in [2.75, 3.05) is 38.1 Å². The number of carbonyl (C=O) groups excluding carboxylic acids is 2. The minimum Gasteiger partial charge on any atom is -0.375 e. The van der Waals surface area contributed by atoms with E-state index in [1.54, 1.807) is 18.2 Å². The van der Waals surface area contributed by atoms with Gasteiger partial charge in [-0.05, 0) is 55.2 Å². The van der Waals surface area contributed by atoms with Crippen molar-refractivity contribution >= 4 is 40.7 Å². The normalized spacial score (nSPS) is 18.2. The smallest absolute Gasteiger partial charge is 0.251 e. The first kappa shape index (κ1) is 29.9. The van der Waals surface area contributed by atoms with E-state index in [0.29, 0.717) is 41.7 Å². The molecule has 4 rings (SSSR count). The molecule has 8 heteroatoms. The summed E-state index contributed by atoms with van der Waals surface area (Å²) in [4.78, 5) is 30.9. The third-order valence-electron chi connectivity index (χ3n) is 7.64. The summed E-state index contributed by atoms with van der Waals surface area (Å²) < 4.78 is 0. The number of hydrogen-bond donors (Lipinski definition) is 2. The Morgan fingerprint density at radius 1 is 1.05 bits per heavy atom. The molecule has 3 aromatic rings. The molecule has 0 aromatic heterocycles. The average molecular weight is 582 g/mol. The van der Waals surface area contributed by atoms with Gasteiger partial charge < -0.3 is 20.4 Å². The maximum Gasteiger partial charge on any atom is 0.251 e. The Labute approximate surface area is 247 Å². The van der Waals surface area contributed by atoms with Gasteiger partial charge in [0.05, 0.1) is 16.1 Å². The van der Waals surface area contributed by atoms with Crippen LogP contribution in [-0.4, -0.2) is 62.0 Å². The Bertz CT molecular complexity index is 1260. The van der Waals surface area contributed by atoms with Crippen molar-refractivity contribution in [2.45, 2.75) is 44.2 Å². The maximum absolute atomic E-state index is 13.9. The molecule has 6 nitrogen and oxygen atoms in total. The molecular weight excluding hydrogens is 543 g/mol. The van der Waals surface area contributed by atoms with Gasteiger partial charge in [-0.1, -0.05) is 78.7 Å². The lowest BCUT2D eigenvalue weighted by atomic mass is 9.95. The molecule has 0 aliphatic carbocycles. The zero-order valence-corrected chi connectivity index (χ0v) is 24.7. The van der Waals surface area contributed by atoms with Crippen LogP contribution in [0.5, 0.6) is 0 Å². The molecule has 3 aromatic carbocycles. The third-order valence-corrected chi connectivity index (χ3v) is 8.38. The molecule has 1 aliphatic heterocycles. The van der Waals surface area contributed by atoms with Crippen LogP contribution in [0.1, 0.15) is 48.0 Å². The second kappa shape index (κ2) is 14.5. The number of benzene rings is 3. The van der Waals surface area contributed by atoms with Crippen LogP contribution in [0.15, 0.2) is 78.9 Å². The average Bonchev–Trinajstić information content (AvgIpc) is 3.13. The molecule has 1 heterocycles. The Balaban J connectivity index is 1.46. The fourth-order valence-corrected chi connectivity index (χ4v) is 5.48. The second-order valence-electron chi connectivity index (χ2n) is 10.4. The van der Waals surface area contributed by atoms with Gasteiger partial charge in [-0.15, -0.1) is 0 Å². The van der Waals surface area contributed by atoms with E-state index in [9.17, 15) is 9.59 Å². The Kier molecular flexibility index (Phi) is 10.9. The van der Waals surface area contributed by atoms with E-state index in [4.69, 9.17) is 23.2 Å². The van der Waals surface area contributed by atoms with Crippen molar-refractivity contribution < 1.29 is 9.59 Å². The third kappa shape index (κ3) is 8.00. The molecule has 0 saturated carbocycles. The summed E-state index contributed by atoms with van der Waals surface area (Å²) in [5, 5.41) is 7.35. The summed E-state index contributed by atoms with van der Waals surface area (Å²) in [6, 6.07) is 25.0. The van der Waals surface area contributed by atoms with Gasteiger partial charge in [0.25, 0.3) is 5.91 Å². The fourth-order valence-electron chi connectivity index (χ4n) is 5.18. The van der Waals surface area contributed by atoms with Crippen LogP contribution in [-0.2, 0) is 4.79 Å². The molecule has 0 radical (unpaired) electrons. The summed E-state index contributed by atoms with van der Waals surface area (Å²) in [5.41, 5.74) is 2.82.